The van der Waals surface area contributed by atoms with Gasteiger partial charge in [0.05, 0.1) is 27.6 Å². The number of fused-ring (bicyclic) bond motifs is 1. The van der Waals surface area contributed by atoms with Gasteiger partial charge in [0.2, 0.25) is 0 Å². The number of thiophene rings is 1. The molecule has 0 radical (unpaired) electrons. The first-order chi connectivity index (χ1) is 9.69. The van der Waals surface area contributed by atoms with Crippen LogP contribution >= 0.6 is 46.1 Å². The topological polar surface area (TPSA) is 17.8 Å². The summed E-state index contributed by atoms with van der Waals surface area (Å²) < 4.78 is 2.15. The SMILES string of the molecule is ClCCc1nc2cc(Cl)c(Cl)cc2n1Cc1ccsc1. The molecule has 0 aliphatic carbocycles. The van der Waals surface area contributed by atoms with E-state index in [1.165, 1.54) is 5.56 Å². The Kier molecular flexibility index (Phi) is 4.22. The third kappa shape index (κ3) is 2.68. The lowest BCUT2D eigenvalue weighted by molar-refractivity contribution is 0.756. The van der Waals surface area contributed by atoms with E-state index in [9.17, 15) is 0 Å². The van der Waals surface area contributed by atoms with Crippen LogP contribution in [0.1, 0.15) is 11.4 Å². The zero-order valence-corrected chi connectivity index (χ0v) is 13.5. The van der Waals surface area contributed by atoms with E-state index in [0.29, 0.717) is 15.9 Å². The van der Waals surface area contributed by atoms with Gasteiger partial charge in [0.15, 0.2) is 0 Å². The van der Waals surface area contributed by atoms with Crippen LogP contribution in [-0.2, 0) is 13.0 Å². The summed E-state index contributed by atoms with van der Waals surface area (Å²) in [5.74, 6) is 1.49. The van der Waals surface area contributed by atoms with Crippen molar-refractivity contribution < 1.29 is 0 Å². The van der Waals surface area contributed by atoms with E-state index in [1.54, 1.807) is 17.4 Å². The van der Waals surface area contributed by atoms with Gasteiger partial charge in [-0.15, -0.1) is 11.6 Å². The number of alkyl halides is 1. The number of nitrogens with zero attached hydrogens (tertiary/aromatic N) is 2. The van der Waals surface area contributed by atoms with Crippen LogP contribution in [0.5, 0.6) is 0 Å². The van der Waals surface area contributed by atoms with Gasteiger partial charge in [-0.3, -0.25) is 0 Å². The van der Waals surface area contributed by atoms with Gasteiger partial charge in [-0.1, -0.05) is 23.2 Å². The standard InChI is InChI=1S/C14H11Cl3N2S/c15-3-1-14-18-12-5-10(16)11(17)6-13(12)19(14)7-9-2-4-20-8-9/h2,4-6,8H,1,3,7H2. The number of imidazole rings is 1. The second-order valence-electron chi connectivity index (χ2n) is 4.44. The Morgan fingerprint density at radius 1 is 1.20 bits per heavy atom. The van der Waals surface area contributed by atoms with Gasteiger partial charge in [0.25, 0.3) is 0 Å². The molecule has 6 heteroatoms. The number of aryl methyl sites for hydroxylation is 1. The Morgan fingerprint density at radius 3 is 2.70 bits per heavy atom. The van der Waals surface area contributed by atoms with Crippen LogP contribution in [0.25, 0.3) is 11.0 Å². The number of hydrogen-bond acceptors (Lipinski definition) is 2. The molecule has 0 fully saturated rings. The van der Waals surface area contributed by atoms with Crippen LogP contribution in [0.3, 0.4) is 0 Å². The molecule has 0 atom stereocenters. The summed E-state index contributed by atoms with van der Waals surface area (Å²) in [5, 5.41) is 5.27. The first-order valence-electron chi connectivity index (χ1n) is 6.10. The third-order valence-electron chi connectivity index (χ3n) is 3.11. The molecule has 0 spiro atoms. The van der Waals surface area contributed by atoms with Gasteiger partial charge in [-0.2, -0.15) is 11.3 Å². The predicted molar refractivity (Wildman–Crippen MR) is 87.6 cm³/mol. The minimum absolute atomic E-state index is 0.525. The van der Waals surface area contributed by atoms with Crippen LogP contribution in [-0.4, -0.2) is 15.4 Å². The molecule has 0 aliphatic rings. The molecule has 0 unspecified atom stereocenters. The molecule has 104 valence electrons. The normalized spacial score (nSPS) is 11.3. The number of benzene rings is 1. The largest absolute Gasteiger partial charge is 0.323 e. The number of hydrogen-bond donors (Lipinski definition) is 0. The Balaban J connectivity index is 2.15. The Hall–Kier alpha value is -0.740. The van der Waals surface area contributed by atoms with Gasteiger partial charge in [0, 0.05) is 12.3 Å². The summed E-state index contributed by atoms with van der Waals surface area (Å²) in [5.41, 5.74) is 3.09. The average Bonchev–Trinajstić information content (AvgIpc) is 3.02. The lowest BCUT2D eigenvalue weighted by Gasteiger charge is -2.07. The molecule has 0 saturated carbocycles. The lowest BCUT2D eigenvalue weighted by Crippen LogP contribution is -2.05. The van der Waals surface area contributed by atoms with Crippen molar-refractivity contribution in [3.8, 4) is 0 Å². The number of rotatable bonds is 4. The van der Waals surface area contributed by atoms with E-state index >= 15 is 0 Å². The maximum Gasteiger partial charge on any atom is 0.111 e. The second kappa shape index (κ2) is 5.94. The van der Waals surface area contributed by atoms with Crippen LogP contribution in [0.15, 0.2) is 29.0 Å². The van der Waals surface area contributed by atoms with Crippen molar-refractivity contribution in [2.24, 2.45) is 0 Å². The van der Waals surface area contributed by atoms with Crippen LogP contribution < -0.4 is 0 Å². The molecule has 3 rings (SSSR count). The summed E-state index contributed by atoms with van der Waals surface area (Å²) in [6, 6.07) is 5.79. The van der Waals surface area contributed by atoms with Gasteiger partial charge in [-0.05, 0) is 34.5 Å². The molecule has 2 nitrogen and oxygen atoms in total. The quantitative estimate of drug-likeness (QED) is 0.592. The van der Waals surface area contributed by atoms with E-state index < -0.39 is 0 Å². The minimum Gasteiger partial charge on any atom is -0.323 e. The van der Waals surface area contributed by atoms with E-state index in [4.69, 9.17) is 34.8 Å². The minimum atomic E-state index is 0.525. The molecule has 0 aliphatic heterocycles. The van der Waals surface area contributed by atoms with Crippen molar-refractivity contribution in [1.82, 2.24) is 9.55 Å². The second-order valence-corrected chi connectivity index (χ2v) is 6.41. The zero-order chi connectivity index (χ0) is 14.1. The van der Waals surface area contributed by atoms with Gasteiger partial charge < -0.3 is 4.57 Å². The maximum absolute atomic E-state index is 6.13. The lowest BCUT2D eigenvalue weighted by atomic mass is 10.3. The molecule has 20 heavy (non-hydrogen) atoms. The molecule has 2 aromatic heterocycles. The van der Waals surface area contributed by atoms with Gasteiger partial charge >= 0.3 is 0 Å². The Labute approximate surface area is 135 Å². The highest BCUT2D eigenvalue weighted by Gasteiger charge is 2.13. The fourth-order valence-electron chi connectivity index (χ4n) is 2.19. The van der Waals surface area contributed by atoms with E-state index in [-0.39, 0.29) is 0 Å². The summed E-state index contributed by atoms with van der Waals surface area (Å²) in [6.07, 6.45) is 0.718. The van der Waals surface area contributed by atoms with E-state index in [0.717, 1.165) is 29.8 Å². The monoisotopic (exact) mass is 344 g/mol. The molecule has 2 heterocycles. The highest BCUT2D eigenvalue weighted by molar-refractivity contribution is 7.07. The molecular formula is C14H11Cl3N2S. The highest BCUT2D eigenvalue weighted by atomic mass is 35.5. The molecule has 0 N–H and O–H groups in total. The van der Waals surface area contributed by atoms with Gasteiger partial charge in [-0.25, -0.2) is 4.98 Å². The molecule has 3 aromatic rings. The molecular weight excluding hydrogens is 335 g/mol. The fraction of sp³-hybridized carbons (Fsp3) is 0.214. The Morgan fingerprint density at radius 2 is 2.00 bits per heavy atom. The molecule has 0 saturated heterocycles. The van der Waals surface area contributed by atoms with Crippen LogP contribution in [0.2, 0.25) is 10.0 Å². The summed E-state index contributed by atoms with van der Waals surface area (Å²) in [6.45, 7) is 0.768. The van der Waals surface area contributed by atoms with E-state index in [2.05, 4.69) is 26.4 Å². The smallest absolute Gasteiger partial charge is 0.111 e. The van der Waals surface area contributed by atoms with Crippen LogP contribution in [0.4, 0.5) is 0 Å². The summed E-state index contributed by atoms with van der Waals surface area (Å²) in [7, 11) is 0. The third-order valence-corrected chi connectivity index (χ3v) is 4.75. The first-order valence-corrected chi connectivity index (χ1v) is 8.33. The van der Waals surface area contributed by atoms with Gasteiger partial charge in [0.1, 0.15) is 5.82 Å². The Bertz CT molecular complexity index is 735. The number of halogens is 3. The molecule has 1 aromatic carbocycles. The van der Waals surface area contributed by atoms with E-state index in [1.807, 2.05) is 6.07 Å². The average molecular weight is 346 g/mol. The zero-order valence-electron chi connectivity index (χ0n) is 10.4. The summed E-state index contributed by atoms with van der Waals surface area (Å²) >= 11 is 19.8. The number of aromatic nitrogens is 2. The van der Waals surface area contributed by atoms with Crippen molar-refractivity contribution in [3.63, 3.8) is 0 Å². The first kappa shape index (κ1) is 14.2. The van der Waals surface area contributed by atoms with Crippen molar-refractivity contribution in [2.45, 2.75) is 13.0 Å². The predicted octanol–water partition coefficient (Wildman–Crippen LogP) is 5.23. The van der Waals surface area contributed by atoms with Crippen molar-refractivity contribution >= 4 is 57.2 Å². The summed E-state index contributed by atoms with van der Waals surface area (Å²) in [4.78, 5) is 4.62. The maximum atomic E-state index is 6.13. The van der Waals surface area contributed by atoms with Crippen molar-refractivity contribution in [3.05, 3.63) is 50.4 Å². The van der Waals surface area contributed by atoms with Crippen molar-refractivity contribution in [2.75, 3.05) is 5.88 Å². The van der Waals surface area contributed by atoms with Crippen LogP contribution in [0, 0.1) is 0 Å². The molecule has 0 bridgehead atoms. The highest BCUT2D eigenvalue weighted by Crippen LogP contribution is 2.29. The molecule has 0 amide bonds. The fourth-order valence-corrected chi connectivity index (χ4v) is 3.33. The van der Waals surface area contributed by atoms with Crippen molar-refractivity contribution in [1.29, 1.82) is 0 Å².